The zero-order valence-electron chi connectivity index (χ0n) is 11.1. The van der Waals surface area contributed by atoms with Crippen molar-refractivity contribution in [3.05, 3.63) is 45.5 Å². The summed E-state index contributed by atoms with van der Waals surface area (Å²) in [6.07, 6.45) is 0. The minimum Gasteiger partial charge on any atom is -0.477 e. The number of aromatic carboxylic acids is 1. The third-order valence-electron chi connectivity index (χ3n) is 2.96. The first-order chi connectivity index (χ1) is 8.99. The van der Waals surface area contributed by atoms with Gasteiger partial charge in [0.2, 0.25) is 0 Å². The Morgan fingerprint density at radius 1 is 1.32 bits per heavy atom. The molecule has 100 valence electrons. The van der Waals surface area contributed by atoms with Crippen molar-refractivity contribution in [3.8, 4) is 0 Å². The van der Waals surface area contributed by atoms with Crippen molar-refractivity contribution >= 4 is 29.1 Å². The smallest absolute Gasteiger partial charge is 0.347 e. The number of rotatable bonds is 4. The molecule has 0 saturated carbocycles. The molecule has 1 heterocycles. The summed E-state index contributed by atoms with van der Waals surface area (Å²) in [7, 11) is 0. The van der Waals surface area contributed by atoms with Crippen LogP contribution in [-0.2, 0) is 5.75 Å². The molecule has 0 radical (unpaired) electrons. The summed E-state index contributed by atoms with van der Waals surface area (Å²) in [5.74, 6) is -0.0706. The van der Waals surface area contributed by atoms with Gasteiger partial charge in [0.25, 0.3) is 0 Å². The van der Waals surface area contributed by atoms with E-state index in [-0.39, 0.29) is 0 Å². The second-order valence-corrected chi connectivity index (χ2v) is 6.58. The molecular weight excluding hydrogens is 278 g/mol. The second-order valence-electron chi connectivity index (χ2n) is 4.36. The van der Waals surface area contributed by atoms with Crippen LogP contribution < -0.4 is 0 Å². The Kier molecular flexibility index (Phi) is 4.27. The Balaban J connectivity index is 2.15. The SMILES string of the molecule is Cc1cccc(C)c1CSc1nc(C)c(C(=O)O)s1. The van der Waals surface area contributed by atoms with Crippen molar-refractivity contribution in [1.82, 2.24) is 4.98 Å². The molecule has 19 heavy (non-hydrogen) atoms. The number of benzene rings is 1. The highest BCUT2D eigenvalue weighted by Gasteiger charge is 2.14. The van der Waals surface area contributed by atoms with E-state index in [1.807, 2.05) is 0 Å². The maximum atomic E-state index is 11.0. The number of carboxylic acid groups (broad SMARTS) is 1. The van der Waals surface area contributed by atoms with Gasteiger partial charge in [0.15, 0.2) is 4.34 Å². The van der Waals surface area contributed by atoms with E-state index in [2.05, 4.69) is 37.0 Å². The lowest BCUT2D eigenvalue weighted by Crippen LogP contribution is -1.94. The lowest BCUT2D eigenvalue weighted by atomic mass is 10.1. The molecule has 0 saturated heterocycles. The van der Waals surface area contributed by atoms with Crippen molar-refractivity contribution in [2.75, 3.05) is 0 Å². The quantitative estimate of drug-likeness (QED) is 0.864. The van der Waals surface area contributed by atoms with Crippen LogP contribution in [0.2, 0.25) is 0 Å². The molecule has 1 N–H and O–H groups in total. The van der Waals surface area contributed by atoms with E-state index in [0.717, 1.165) is 10.1 Å². The molecule has 0 unspecified atom stereocenters. The minimum absolute atomic E-state index is 0.337. The molecule has 0 spiro atoms. The molecule has 2 aromatic rings. The van der Waals surface area contributed by atoms with Crippen LogP contribution in [0, 0.1) is 20.8 Å². The van der Waals surface area contributed by atoms with E-state index >= 15 is 0 Å². The van der Waals surface area contributed by atoms with Crippen molar-refractivity contribution in [3.63, 3.8) is 0 Å². The van der Waals surface area contributed by atoms with E-state index in [1.165, 1.54) is 28.0 Å². The Morgan fingerprint density at radius 2 is 1.95 bits per heavy atom. The highest BCUT2D eigenvalue weighted by molar-refractivity contribution is 8.00. The van der Waals surface area contributed by atoms with Crippen molar-refractivity contribution in [2.45, 2.75) is 30.9 Å². The van der Waals surface area contributed by atoms with Gasteiger partial charge in [-0.05, 0) is 37.5 Å². The van der Waals surface area contributed by atoms with Gasteiger partial charge in [0, 0.05) is 5.75 Å². The molecule has 0 aliphatic heterocycles. The van der Waals surface area contributed by atoms with Gasteiger partial charge in [0.05, 0.1) is 5.69 Å². The molecule has 1 aromatic heterocycles. The summed E-state index contributed by atoms with van der Waals surface area (Å²) in [4.78, 5) is 15.6. The lowest BCUT2D eigenvalue weighted by molar-refractivity contribution is 0.0701. The summed E-state index contributed by atoms with van der Waals surface area (Å²) < 4.78 is 0.817. The molecule has 0 aliphatic rings. The minimum atomic E-state index is -0.895. The van der Waals surface area contributed by atoms with E-state index in [0.29, 0.717) is 10.6 Å². The number of aromatic nitrogens is 1. The first-order valence-corrected chi connectivity index (χ1v) is 7.68. The van der Waals surface area contributed by atoms with Crippen LogP contribution >= 0.6 is 23.1 Å². The average Bonchev–Trinajstić information content (AvgIpc) is 2.70. The van der Waals surface area contributed by atoms with Crippen LogP contribution in [0.5, 0.6) is 0 Å². The van der Waals surface area contributed by atoms with E-state index in [9.17, 15) is 4.79 Å². The highest BCUT2D eigenvalue weighted by Crippen LogP contribution is 2.31. The summed E-state index contributed by atoms with van der Waals surface area (Å²) in [5, 5.41) is 9.01. The standard InChI is InChI=1S/C14H15NO2S2/c1-8-5-4-6-9(2)11(8)7-18-14-15-10(3)12(19-14)13(16)17/h4-6H,7H2,1-3H3,(H,16,17). The van der Waals surface area contributed by atoms with Gasteiger partial charge in [-0.15, -0.1) is 11.3 Å². The largest absolute Gasteiger partial charge is 0.477 e. The fourth-order valence-electron chi connectivity index (χ4n) is 1.84. The van der Waals surface area contributed by atoms with Gasteiger partial charge >= 0.3 is 5.97 Å². The summed E-state index contributed by atoms with van der Waals surface area (Å²) in [5.41, 5.74) is 4.43. The van der Waals surface area contributed by atoms with Crippen LogP contribution in [0.3, 0.4) is 0 Å². The average molecular weight is 293 g/mol. The van der Waals surface area contributed by atoms with Crippen LogP contribution in [0.15, 0.2) is 22.5 Å². The molecule has 0 aliphatic carbocycles. The molecule has 3 nitrogen and oxygen atoms in total. The number of carboxylic acids is 1. The first-order valence-electron chi connectivity index (χ1n) is 5.87. The predicted octanol–water partition coefficient (Wildman–Crippen LogP) is 4.06. The Labute approximate surface area is 120 Å². The van der Waals surface area contributed by atoms with E-state index < -0.39 is 5.97 Å². The molecule has 2 rings (SSSR count). The fraction of sp³-hybridized carbons (Fsp3) is 0.286. The normalized spacial score (nSPS) is 10.7. The van der Waals surface area contributed by atoms with E-state index in [4.69, 9.17) is 5.11 Å². The number of hydrogen-bond donors (Lipinski definition) is 1. The van der Waals surface area contributed by atoms with Crippen LogP contribution in [0.4, 0.5) is 0 Å². The first kappa shape index (κ1) is 14.1. The van der Waals surface area contributed by atoms with E-state index in [1.54, 1.807) is 18.7 Å². The van der Waals surface area contributed by atoms with Crippen LogP contribution in [0.1, 0.15) is 32.1 Å². The summed E-state index contributed by atoms with van der Waals surface area (Å²) in [6.45, 7) is 5.93. The number of thioether (sulfide) groups is 1. The monoisotopic (exact) mass is 293 g/mol. The Hall–Kier alpha value is -1.33. The molecule has 5 heteroatoms. The highest BCUT2D eigenvalue weighted by atomic mass is 32.2. The molecule has 0 fully saturated rings. The summed E-state index contributed by atoms with van der Waals surface area (Å²) in [6, 6.07) is 6.24. The predicted molar refractivity (Wildman–Crippen MR) is 79.3 cm³/mol. The number of thiazole rings is 1. The van der Waals surface area contributed by atoms with Crippen LogP contribution in [0.25, 0.3) is 0 Å². The number of aryl methyl sites for hydroxylation is 3. The third kappa shape index (κ3) is 3.16. The van der Waals surface area contributed by atoms with Crippen molar-refractivity contribution < 1.29 is 9.90 Å². The van der Waals surface area contributed by atoms with Gasteiger partial charge in [-0.2, -0.15) is 0 Å². The molecule has 1 aromatic carbocycles. The topological polar surface area (TPSA) is 50.2 Å². The Morgan fingerprint density at radius 3 is 2.47 bits per heavy atom. The van der Waals surface area contributed by atoms with Crippen molar-refractivity contribution in [1.29, 1.82) is 0 Å². The zero-order chi connectivity index (χ0) is 14.0. The van der Waals surface area contributed by atoms with Gasteiger partial charge in [-0.1, -0.05) is 30.0 Å². The lowest BCUT2D eigenvalue weighted by Gasteiger charge is -2.07. The third-order valence-corrected chi connectivity index (χ3v) is 5.27. The van der Waals surface area contributed by atoms with Gasteiger partial charge in [0.1, 0.15) is 4.88 Å². The van der Waals surface area contributed by atoms with Gasteiger partial charge in [-0.3, -0.25) is 0 Å². The maximum absolute atomic E-state index is 11.0. The van der Waals surface area contributed by atoms with Crippen molar-refractivity contribution in [2.24, 2.45) is 0 Å². The molecule has 0 bridgehead atoms. The maximum Gasteiger partial charge on any atom is 0.347 e. The molecular formula is C14H15NO2S2. The number of carbonyl (C=O) groups is 1. The van der Waals surface area contributed by atoms with Gasteiger partial charge < -0.3 is 5.11 Å². The molecule has 0 atom stereocenters. The Bertz CT molecular complexity index is 600. The second kappa shape index (κ2) is 5.75. The van der Waals surface area contributed by atoms with Crippen LogP contribution in [-0.4, -0.2) is 16.1 Å². The zero-order valence-corrected chi connectivity index (χ0v) is 12.7. The fourth-order valence-corrected chi connectivity index (χ4v) is 4.07. The summed E-state index contributed by atoms with van der Waals surface area (Å²) >= 11 is 2.85. The van der Waals surface area contributed by atoms with Gasteiger partial charge in [-0.25, -0.2) is 9.78 Å². The number of hydrogen-bond acceptors (Lipinski definition) is 4. The number of nitrogens with zero attached hydrogens (tertiary/aromatic N) is 1. The molecule has 0 amide bonds.